The van der Waals surface area contributed by atoms with Crippen molar-refractivity contribution in [3.05, 3.63) is 120 Å². The van der Waals surface area contributed by atoms with Crippen molar-refractivity contribution >= 4 is 12.1 Å². The molecule has 4 rings (SSSR count). The van der Waals surface area contributed by atoms with Crippen LogP contribution in [0, 0.1) is 0 Å². The van der Waals surface area contributed by atoms with E-state index in [-0.39, 0.29) is 12.4 Å². The Morgan fingerprint density at radius 1 is 0.722 bits per heavy atom. The summed E-state index contributed by atoms with van der Waals surface area (Å²) in [6.45, 7) is 1.26. The summed E-state index contributed by atoms with van der Waals surface area (Å²) < 4.78 is 24.7. The van der Waals surface area contributed by atoms with E-state index in [2.05, 4.69) is 0 Å². The average Bonchev–Trinajstić information content (AvgIpc) is 3.28. The second kappa shape index (κ2) is 13.6. The summed E-state index contributed by atoms with van der Waals surface area (Å²) in [5.41, 5.74) is 3.01. The highest BCUT2D eigenvalue weighted by molar-refractivity contribution is 5.96. The van der Waals surface area contributed by atoms with E-state index in [1.807, 2.05) is 91.0 Å². The van der Waals surface area contributed by atoms with Crippen LogP contribution in [0.2, 0.25) is 0 Å². The Balaban J connectivity index is 1.52. The molecule has 0 amide bonds. The molecule has 1 aliphatic rings. The molecule has 1 heterocycles. The molecule has 36 heavy (non-hydrogen) atoms. The molecule has 0 saturated carbocycles. The van der Waals surface area contributed by atoms with Crippen LogP contribution in [-0.4, -0.2) is 43.1 Å². The molecule has 0 aromatic heterocycles. The van der Waals surface area contributed by atoms with Crippen LogP contribution in [0.25, 0.3) is 0 Å². The summed E-state index contributed by atoms with van der Waals surface area (Å²) >= 11 is 0. The monoisotopic (exact) mass is 486 g/mol. The number of ether oxygens (including phenoxy) is 4. The van der Waals surface area contributed by atoms with Gasteiger partial charge in [-0.1, -0.05) is 91.0 Å². The number of carbonyl (C=O) groups is 2. The molecule has 0 spiro atoms. The van der Waals surface area contributed by atoms with Crippen LogP contribution in [0.15, 0.2) is 103 Å². The van der Waals surface area contributed by atoms with Gasteiger partial charge in [-0.3, -0.25) is 9.59 Å². The number of carbonyl (C=O) groups excluding carboxylic acids is 2. The van der Waals surface area contributed by atoms with Gasteiger partial charge in [0.2, 0.25) is 0 Å². The van der Waals surface area contributed by atoms with Crippen LogP contribution in [0.5, 0.6) is 0 Å². The number of benzene rings is 3. The molecule has 4 atom stereocenters. The zero-order chi connectivity index (χ0) is 25.0. The van der Waals surface area contributed by atoms with Gasteiger partial charge in [-0.05, 0) is 28.8 Å². The van der Waals surface area contributed by atoms with Crippen molar-refractivity contribution in [3.63, 3.8) is 0 Å². The lowest BCUT2D eigenvalue weighted by atomic mass is 10.0. The molecule has 6 heteroatoms. The summed E-state index contributed by atoms with van der Waals surface area (Å²) in [5.74, 6) is -0.348. The second-order valence-electron chi connectivity index (χ2n) is 8.52. The van der Waals surface area contributed by atoms with E-state index in [4.69, 9.17) is 18.9 Å². The Morgan fingerprint density at radius 2 is 1.22 bits per heavy atom. The molecule has 186 valence electrons. The lowest BCUT2D eigenvalue weighted by Crippen LogP contribution is -2.40. The standard InChI is InChI=1S/C30H30O6/c31-18-10-17-26(32)28-30(35-21-25-15-8-3-9-16-25)29(34-20-24-13-6-2-7-14-24)27(36-28)22-33-19-23-11-4-1-5-12-23/h1-18,27-30H,19-22H2/b17-10-/t27-,28+,29-,30-/m1/s1. The van der Waals surface area contributed by atoms with E-state index in [1.54, 1.807) is 0 Å². The molecule has 0 aliphatic carbocycles. The van der Waals surface area contributed by atoms with Crippen molar-refractivity contribution in [1.82, 2.24) is 0 Å². The number of rotatable bonds is 13. The number of allylic oxidation sites excluding steroid dienone is 1. The van der Waals surface area contributed by atoms with Crippen molar-refractivity contribution in [2.45, 2.75) is 44.2 Å². The van der Waals surface area contributed by atoms with Crippen molar-refractivity contribution in [3.8, 4) is 0 Å². The minimum Gasteiger partial charge on any atom is -0.374 e. The van der Waals surface area contributed by atoms with Crippen LogP contribution in [0.4, 0.5) is 0 Å². The number of ketones is 1. The zero-order valence-electron chi connectivity index (χ0n) is 20.0. The Morgan fingerprint density at radius 3 is 1.75 bits per heavy atom. The molecule has 0 N–H and O–H groups in total. The molecule has 3 aromatic rings. The molecule has 1 fully saturated rings. The van der Waals surface area contributed by atoms with E-state index in [0.717, 1.165) is 16.7 Å². The van der Waals surface area contributed by atoms with Crippen LogP contribution >= 0.6 is 0 Å². The second-order valence-corrected chi connectivity index (χ2v) is 8.52. The third-order valence-corrected chi connectivity index (χ3v) is 5.89. The quantitative estimate of drug-likeness (QED) is 0.262. The van der Waals surface area contributed by atoms with Crippen LogP contribution in [-0.2, 0) is 48.4 Å². The molecule has 3 aromatic carbocycles. The van der Waals surface area contributed by atoms with Gasteiger partial charge in [0, 0.05) is 0 Å². The van der Waals surface area contributed by atoms with Crippen molar-refractivity contribution in [1.29, 1.82) is 0 Å². The van der Waals surface area contributed by atoms with Gasteiger partial charge in [-0.2, -0.15) is 0 Å². The van der Waals surface area contributed by atoms with Crippen LogP contribution in [0.1, 0.15) is 16.7 Å². The summed E-state index contributed by atoms with van der Waals surface area (Å²) in [7, 11) is 0. The average molecular weight is 487 g/mol. The fraction of sp³-hybridized carbons (Fsp3) is 0.267. The first-order valence-electron chi connectivity index (χ1n) is 12.0. The summed E-state index contributed by atoms with van der Waals surface area (Å²) in [5, 5.41) is 0. The maximum atomic E-state index is 12.9. The normalized spacial score (nSPS) is 21.6. The molecule has 0 unspecified atom stereocenters. The largest absolute Gasteiger partial charge is 0.374 e. The van der Waals surface area contributed by atoms with Gasteiger partial charge in [0.05, 0.1) is 26.4 Å². The van der Waals surface area contributed by atoms with Gasteiger partial charge < -0.3 is 18.9 Å². The van der Waals surface area contributed by atoms with E-state index < -0.39 is 24.4 Å². The highest BCUT2D eigenvalue weighted by Crippen LogP contribution is 2.30. The van der Waals surface area contributed by atoms with E-state index in [0.29, 0.717) is 26.1 Å². The van der Waals surface area contributed by atoms with Gasteiger partial charge in [0.15, 0.2) is 5.78 Å². The SMILES string of the molecule is O=C/C=C\C(=O)[C@@H]1O[C@H](COCc2ccccc2)[C@@H](OCc2ccccc2)[C@@H]1OCc1ccccc1. The Bertz CT molecular complexity index is 1100. The topological polar surface area (TPSA) is 71.1 Å². The first-order valence-corrected chi connectivity index (χ1v) is 12.0. The zero-order valence-corrected chi connectivity index (χ0v) is 20.0. The number of hydrogen-bond acceptors (Lipinski definition) is 6. The molecule has 0 bridgehead atoms. The Kier molecular flexibility index (Phi) is 9.70. The highest BCUT2D eigenvalue weighted by Gasteiger charge is 2.49. The highest BCUT2D eigenvalue weighted by atomic mass is 16.6. The summed E-state index contributed by atoms with van der Waals surface area (Å²) in [4.78, 5) is 23.8. The minimum absolute atomic E-state index is 0.223. The lowest BCUT2D eigenvalue weighted by Gasteiger charge is -2.24. The predicted octanol–water partition coefficient (Wildman–Crippen LogP) is 4.47. The van der Waals surface area contributed by atoms with Crippen molar-refractivity contribution in [2.24, 2.45) is 0 Å². The van der Waals surface area contributed by atoms with E-state index in [9.17, 15) is 9.59 Å². The molecular formula is C30H30O6. The fourth-order valence-electron chi connectivity index (χ4n) is 4.10. The molecule has 1 aliphatic heterocycles. The van der Waals surface area contributed by atoms with E-state index in [1.165, 1.54) is 12.2 Å². The van der Waals surface area contributed by atoms with Gasteiger partial charge in [-0.25, -0.2) is 0 Å². The third-order valence-electron chi connectivity index (χ3n) is 5.89. The maximum absolute atomic E-state index is 12.9. The summed E-state index contributed by atoms with van der Waals surface area (Å²) in [6, 6.07) is 29.4. The molecular weight excluding hydrogens is 456 g/mol. The van der Waals surface area contributed by atoms with Crippen molar-refractivity contribution in [2.75, 3.05) is 6.61 Å². The van der Waals surface area contributed by atoms with Gasteiger partial charge in [0.25, 0.3) is 0 Å². The Labute approximate surface area is 211 Å². The van der Waals surface area contributed by atoms with Gasteiger partial charge >= 0.3 is 0 Å². The minimum atomic E-state index is -0.920. The van der Waals surface area contributed by atoms with E-state index >= 15 is 0 Å². The van der Waals surface area contributed by atoms with Crippen molar-refractivity contribution < 1.29 is 28.5 Å². The summed E-state index contributed by atoms with van der Waals surface area (Å²) in [6.07, 6.45) is 0.271. The Hall–Kier alpha value is -3.42. The maximum Gasteiger partial charge on any atom is 0.187 e. The van der Waals surface area contributed by atoms with Gasteiger partial charge in [-0.15, -0.1) is 0 Å². The first kappa shape index (κ1) is 25.7. The van der Waals surface area contributed by atoms with Gasteiger partial charge in [0.1, 0.15) is 30.7 Å². The molecule has 1 saturated heterocycles. The number of hydrogen-bond donors (Lipinski definition) is 0. The number of aldehydes is 1. The first-order chi connectivity index (χ1) is 17.7. The fourth-order valence-corrected chi connectivity index (χ4v) is 4.10. The lowest BCUT2D eigenvalue weighted by molar-refractivity contribution is -0.132. The van der Waals surface area contributed by atoms with Crippen LogP contribution in [0.3, 0.4) is 0 Å². The van der Waals surface area contributed by atoms with Crippen LogP contribution < -0.4 is 0 Å². The smallest absolute Gasteiger partial charge is 0.187 e. The molecule has 0 radical (unpaired) electrons. The molecule has 6 nitrogen and oxygen atoms in total. The third kappa shape index (κ3) is 7.29. The predicted molar refractivity (Wildman–Crippen MR) is 135 cm³/mol.